The maximum Gasteiger partial charge on any atom is 0.337 e. The number of rotatable bonds is 6. The van der Waals surface area contributed by atoms with Crippen molar-refractivity contribution in [1.82, 2.24) is 5.16 Å². The normalized spacial score (nSPS) is 10.5. The van der Waals surface area contributed by atoms with Gasteiger partial charge in [0.2, 0.25) is 0 Å². The molecule has 0 saturated heterocycles. The minimum Gasteiger partial charge on any atom is -0.465 e. The van der Waals surface area contributed by atoms with E-state index in [1.165, 1.54) is 13.3 Å². The fourth-order valence-electron chi connectivity index (χ4n) is 1.62. The second-order valence-electron chi connectivity index (χ2n) is 4.49. The van der Waals surface area contributed by atoms with Crippen molar-refractivity contribution in [3.05, 3.63) is 47.2 Å². The van der Waals surface area contributed by atoms with E-state index in [1.807, 2.05) is 0 Å². The molecule has 0 radical (unpaired) electrons. The fraction of sp³-hybridized carbons (Fsp3) is 0.200. The van der Waals surface area contributed by atoms with Crippen LogP contribution >= 0.6 is 0 Å². The third-order valence-corrected chi connectivity index (χ3v) is 2.70. The van der Waals surface area contributed by atoms with Gasteiger partial charge in [0.25, 0.3) is 5.91 Å². The summed E-state index contributed by atoms with van der Waals surface area (Å²) in [6.07, 6.45) is 1.43. The molecular formula is C15H15N3O5. The molecular weight excluding hydrogens is 302 g/mol. The maximum atomic E-state index is 11.5. The topological polar surface area (TPSA) is 103 Å². The highest BCUT2D eigenvalue weighted by atomic mass is 16.6. The lowest BCUT2D eigenvalue weighted by Crippen LogP contribution is -2.17. The molecule has 0 saturated carbocycles. The quantitative estimate of drug-likeness (QED) is 0.494. The summed E-state index contributed by atoms with van der Waals surface area (Å²) in [6, 6.07) is 8.15. The number of anilines is 1. The Labute approximate surface area is 132 Å². The Bertz CT molecular complexity index is 706. The third-order valence-electron chi connectivity index (χ3n) is 2.70. The van der Waals surface area contributed by atoms with E-state index in [-0.39, 0.29) is 6.61 Å². The van der Waals surface area contributed by atoms with Crippen LogP contribution in [0.15, 0.2) is 40.0 Å². The van der Waals surface area contributed by atoms with Crippen LogP contribution in [0.4, 0.5) is 5.82 Å². The van der Waals surface area contributed by atoms with Crippen LogP contribution in [0.1, 0.15) is 21.7 Å². The van der Waals surface area contributed by atoms with Crippen molar-refractivity contribution < 1.29 is 23.7 Å². The molecule has 0 bridgehead atoms. The molecule has 0 fully saturated rings. The minimum atomic E-state index is -0.412. The number of carbonyl (C=O) groups is 2. The molecule has 8 nitrogen and oxygen atoms in total. The molecule has 2 aromatic rings. The lowest BCUT2D eigenvalue weighted by Gasteiger charge is -2.00. The Morgan fingerprint density at radius 1 is 1.35 bits per heavy atom. The zero-order chi connectivity index (χ0) is 16.7. The van der Waals surface area contributed by atoms with Gasteiger partial charge in [0.1, 0.15) is 5.76 Å². The van der Waals surface area contributed by atoms with Crippen LogP contribution < -0.4 is 5.32 Å². The van der Waals surface area contributed by atoms with Crippen molar-refractivity contribution in [1.29, 1.82) is 0 Å². The Morgan fingerprint density at radius 3 is 2.70 bits per heavy atom. The van der Waals surface area contributed by atoms with Gasteiger partial charge in [0.05, 0.1) is 18.9 Å². The molecule has 120 valence electrons. The SMILES string of the molecule is COC(=O)c1ccc(/C=N/OCC(=O)Nc2cc(C)on2)cc1. The molecule has 0 aliphatic carbocycles. The van der Waals surface area contributed by atoms with Crippen molar-refractivity contribution in [2.75, 3.05) is 19.0 Å². The summed E-state index contributed by atoms with van der Waals surface area (Å²) in [6.45, 7) is 1.46. The predicted molar refractivity (Wildman–Crippen MR) is 81.2 cm³/mol. The van der Waals surface area contributed by atoms with Gasteiger partial charge in [-0.2, -0.15) is 0 Å². The monoisotopic (exact) mass is 317 g/mol. The number of aryl methyl sites for hydroxylation is 1. The molecule has 0 unspecified atom stereocenters. The van der Waals surface area contributed by atoms with Crippen LogP contribution in [0.3, 0.4) is 0 Å². The summed E-state index contributed by atoms with van der Waals surface area (Å²) in [4.78, 5) is 27.7. The first kappa shape index (κ1) is 16.2. The molecule has 1 aromatic carbocycles. The molecule has 23 heavy (non-hydrogen) atoms. The van der Waals surface area contributed by atoms with Gasteiger partial charge in [0.15, 0.2) is 12.4 Å². The molecule has 0 aliphatic heterocycles. The molecule has 1 aromatic heterocycles. The lowest BCUT2D eigenvalue weighted by atomic mass is 10.1. The highest BCUT2D eigenvalue weighted by Crippen LogP contribution is 2.06. The number of nitrogens with zero attached hydrogens (tertiary/aromatic N) is 2. The molecule has 8 heteroatoms. The second kappa shape index (κ2) is 7.74. The smallest absolute Gasteiger partial charge is 0.337 e. The first-order valence-electron chi connectivity index (χ1n) is 6.65. The van der Waals surface area contributed by atoms with E-state index < -0.39 is 11.9 Å². The van der Waals surface area contributed by atoms with E-state index in [0.717, 1.165) is 0 Å². The number of esters is 1. The average Bonchev–Trinajstić information content (AvgIpc) is 2.96. The van der Waals surface area contributed by atoms with Crippen molar-refractivity contribution in [3.63, 3.8) is 0 Å². The van der Waals surface area contributed by atoms with Gasteiger partial charge >= 0.3 is 5.97 Å². The van der Waals surface area contributed by atoms with Crippen LogP contribution in [0.25, 0.3) is 0 Å². The van der Waals surface area contributed by atoms with Gasteiger partial charge in [-0.3, -0.25) is 4.79 Å². The summed E-state index contributed by atoms with van der Waals surface area (Å²) in [5.41, 5.74) is 1.15. The zero-order valence-corrected chi connectivity index (χ0v) is 12.6. The average molecular weight is 317 g/mol. The van der Waals surface area contributed by atoms with Crippen LogP contribution in [0.2, 0.25) is 0 Å². The molecule has 0 spiro atoms. The van der Waals surface area contributed by atoms with Crippen molar-refractivity contribution in [3.8, 4) is 0 Å². The first-order chi connectivity index (χ1) is 11.1. The minimum absolute atomic E-state index is 0.261. The van der Waals surface area contributed by atoms with E-state index in [0.29, 0.717) is 22.7 Å². The van der Waals surface area contributed by atoms with E-state index in [1.54, 1.807) is 37.3 Å². The van der Waals surface area contributed by atoms with Gasteiger partial charge in [0, 0.05) is 6.07 Å². The van der Waals surface area contributed by atoms with Gasteiger partial charge < -0.3 is 19.4 Å². The standard InChI is InChI=1S/C15H15N3O5/c1-10-7-13(18-23-10)17-14(19)9-22-16-8-11-3-5-12(6-4-11)15(20)21-2/h3-8H,9H2,1-2H3,(H,17,18,19)/b16-8+. The number of ether oxygens (including phenoxy) is 1. The van der Waals surface area contributed by atoms with Crippen LogP contribution in [-0.4, -0.2) is 37.0 Å². The number of hydrogen-bond donors (Lipinski definition) is 1. The molecule has 0 aliphatic rings. The molecule has 1 heterocycles. The number of oxime groups is 1. The molecule has 1 N–H and O–H groups in total. The number of benzene rings is 1. The van der Waals surface area contributed by atoms with Crippen LogP contribution in [0, 0.1) is 6.92 Å². The summed E-state index contributed by atoms with van der Waals surface area (Å²) in [5.74, 6) is 0.0918. The van der Waals surface area contributed by atoms with E-state index >= 15 is 0 Å². The van der Waals surface area contributed by atoms with E-state index in [4.69, 9.17) is 9.36 Å². The predicted octanol–water partition coefficient (Wildman–Crippen LogP) is 1.76. The first-order valence-corrected chi connectivity index (χ1v) is 6.65. The third kappa shape index (κ3) is 4.95. The Kier molecular flexibility index (Phi) is 5.45. The van der Waals surface area contributed by atoms with Gasteiger partial charge in [-0.25, -0.2) is 4.79 Å². The number of carbonyl (C=O) groups excluding carboxylic acids is 2. The van der Waals surface area contributed by atoms with E-state index in [9.17, 15) is 9.59 Å². The van der Waals surface area contributed by atoms with Gasteiger partial charge in [-0.15, -0.1) is 0 Å². The number of aromatic nitrogens is 1. The van der Waals surface area contributed by atoms with Crippen molar-refractivity contribution >= 4 is 23.9 Å². The van der Waals surface area contributed by atoms with Gasteiger partial charge in [-0.1, -0.05) is 22.4 Å². The van der Waals surface area contributed by atoms with Crippen molar-refractivity contribution in [2.24, 2.45) is 5.16 Å². The maximum absolute atomic E-state index is 11.5. The van der Waals surface area contributed by atoms with E-state index in [2.05, 4.69) is 20.4 Å². The van der Waals surface area contributed by atoms with Gasteiger partial charge in [-0.05, 0) is 24.6 Å². The lowest BCUT2D eigenvalue weighted by molar-refractivity contribution is -0.120. The van der Waals surface area contributed by atoms with Crippen LogP contribution in [0.5, 0.6) is 0 Å². The second-order valence-corrected chi connectivity index (χ2v) is 4.49. The highest BCUT2D eigenvalue weighted by Gasteiger charge is 2.06. The zero-order valence-electron chi connectivity index (χ0n) is 12.6. The summed E-state index contributed by atoms with van der Waals surface area (Å²) in [7, 11) is 1.32. The van der Waals surface area contributed by atoms with Crippen LogP contribution in [-0.2, 0) is 14.4 Å². The number of methoxy groups -OCH3 is 1. The molecule has 0 atom stereocenters. The summed E-state index contributed by atoms with van der Waals surface area (Å²) in [5, 5.41) is 9.79. The fourth-order valence-corrected chi connectivity index (χ4v) is 1.62. The summed E-state index contributed by atoms with van der Waals surface area (Å²) < 4.78 is 9.41. The highest BCUT2D eigenvalue weighted by molar-refractivity contribution is 5.91. The number of amides is 1. The Hall–Kier alpha value is -3.16. The van der Waals surface area contributed by atoms with Crippen molar-refractivity contribution in [2.45, 2.75) is 6.92 Å². The largest absolute Gasteiger partial charge is 0.465 e. The molecule has 1 amide bonds. The number of nitrogens with one attached hydrogen (secondary N) is 1. The summed E-state index contributed by atoms with van der Waals surface area (Å²) >= 11 is 0. The Balaban J connectivity index is 1.78. The Morgan fingerprint density at radius 2 is 2.09 bits per heavy atom. The molecule has 2 rings (SSSR count). The number of hydrogen-bond acceptors (Lipinski definition) is 7.